The number of para-hydroxylation sites is 1. The molecule has 0 aliphatic carbocycles. The second-order valence-corrected chi connectivity index (χ2v) is 7.50. The summed E-state index contributed by atoms with van der Waals surface area (Å²) < 4.78 is 1.65. The zero-order chi connectivity index (χ0) is 16.7. The molecule has 0 bridgehead atoms. The highest BCUT2D eigenvalue weighted by Crippen LogP contribution is 2.25. The molecule has 1 aromatic carbocycles. The quantitative estimate of drug-likeness (QED) is 0.518. The number of rotatable bonds is 3. The van der Waals surface area contributed by atoms with Crippen molar-refractivity contribution in [2.75, 3.05) is 0 Å². The van der Waals surface area contributed by atoms with E-state index < -0.39 is 0 Å². The lowest BCUT2D eigenvalue weighted by Crippen LogP contribution is -2.14. The molecule has 4 nitrogen and oxygen atoms in total. The van der Waals surface area contributed by atoms with Gasteiger partial charge in [-0.05, 0) is 31.5 Å². The fraction of sp³-hybridized carbons (Fsp3) is 0.167. The van der Waals surface area contributed by atoms with Crippen molar-refractivity contribution < 1.29 is 0 Å². The molecule has 0 unspecified atom stereocenters. The van der Waals surface area contributed by atoms with Crippen LogP contribution in [0.4, 0.5) is 0 Å². The molecule has 0 aliphatic heterocycles. The van der Waals surface area contributed by atoms with Gasteiger partial charge in [-0.2, -0.15) is 0 Å². The summed E-state index contributed by atoms with van der Waals surface area (Å²) in [7, 11) is 0. The molecule has 4 rings (SSSR count). The van der Waals surface area contributed by atoms with Gasteiger partial charge >= 0.3 is 0 Å². The molecule has 0 saturated heterocycles. The van der Waals surface area contributed by atoms with E-state index in [-0.39, 0.29) is 5.56 Å². The summed E-state index contributed by atoms with van der Waals surface area (Å²) in [4.78, 5) is 22.3. The zero-order valence-corrected chi connectivity index (χ0v) is 14.9. The molecular formula is C18H15N3OS2. The number of thioether (sulfide) groups is 1. The van der Waals surface area contributed by atoms with Crippen LogP contribution >= 0.6 is 23.1 Å². The molecule has 3 heterocycles. The Morgan fingerprint density at radius 1 is 1.17 bits per heavy atom. The fourth-order valence-electron chi connectivity index (χ4n) is 2.72. The van der Waals surface area contributed by atoms with Gasteiger partial charge in [0.1, 0.15) is 0 Å². The maximum Gasteiger partial charge on any atom is 0.258 e. The van der Waals surface area contributed by atoms with Crippen LogP contribution in [-0.4, -0.2) is 14.4 Å². The van der Waals surface area contributed by atoms with Crippen LogP contribution in [0.2, 0.25) is 0 Å². The molecule has 120 valence electrons. The van der Waals surface area contributed by atoms with E-state index in [9.17, 15) is 4.79 Å². The van der Waals surface area contributed by atoms with Crippen molar-refractivity contribution in [3.8, 4) is 0 Å². The highest BCUT2D eigenvalue weighted by Gasteiger charge is 2.08. The second kappa shape index (κ2) is 6.03. The number of pyridine rings is 1. The van der Waals surface area contributed by atoms with Gasteiger partial charge in [0, 0.05) is 28.3 Å². The minimum absolute atomic E-state index is 0.0167. The van der Waals surface area contributed by atoms with Crippen molar-refractivity contribution in [3.63, 3.8) is 0 Å². The van der Waals surface area contributed by atoms with Crippen molar-refractivity contribution in [2.24, 2.45) is 0 Å². The lowest BCUT2D eigenvalue weighted by atomic mass is 10.1. The molecule has 0 fully saturated rings. The Kier molecular flexibility index (Phi) is 3.86. The minimum atomic E-state index is -0.0167. The molecule has 0 spiro atoms. The van der Waals surface area contributed by atoms with Gasteiger partial charge < -0.3 is 0 Å². The van der Waals surface area contributed by atoms with Crippen molar-refractivity contribution in [3.05, 3.63) is 69.1 Å². The number of aryl methyl sites for hydroxylation is 2. The van der Waals surface area contributed by atoms with Gasteiger partial charge in [0.2, 0.25) is 0 Å². The second-order valence-electron chi connectivity index (χ2n) is 5.66. The Bertz CT molecular complexity index is 1110. The number of fused-ring (bicyclic) bond motifs is 2. The van der Waals surface area contributed by atoms with E-state index in [1.807, 2.05) is 30.5 Å². The van der Waals surface area contributed by atoms with Crippen molar-refractivity contribution in [2.45, 2.75) is 24.6 Å². The Balaban J connectivity index is 1.64. The topological polar surface area (TPSA) is 47.3 Å². The molecule has 3 aromatic heterocycles. The van der Waals surface area contributed by atoms with Crippen LogP contribution < -0.4 is 5.56 Å². The number of nitrogens with zero attached hydrogens (tertiary/aromatic N) is 3. The van der Waals surface area contributed by atoms with Crippen molar-refractivity contribution in [1.29, 1.82) is 0 Å². The molecule has 6 heteroatoms. The standard InChI is InChI=1S/C18H15N3OS2/c1-11-7-16(20-15-6-4-3-5-14(11)15)23-10-13-8-17(22)21-12(2)9-24-18(21)19-13/h3-9H,10H2,1-2H3. The molecular weight excluding hydrogens is 338 g/mol. The lowest BCUT2D eigenvalue weighted by molar-refractivity contribution is 0.996. The molecule has 0 saturated carbocycles. The van der Waals surface area contributed by atoms with Crippen LogP contribution in [0.5, 0.6) is 0 Å². The monoisotopic (exact) mass is 353 g/mol. The molecule has 24 heavy (non-hydrogen) atoms. The number of aromatic nitrogens is 3. The number of benzene rings is 1. The highest BCUT2D eigenvalue weighted by molar-refractivity contribution is 7.98. The normalized spacial score (nSPS) is 11.4. The number of hydrogen-bond acceptors (Lipinski definition) is 5. The molecule has 0 amide bonds. The van der Waals surface area contributed by atoms with E-state index in [4.69, 9.17) is 4.98 Å². The van der Waals surface area contributed by atoms with E-state index in [0.29, 0.717) is 5.75 Å². The van der Waals surface area contributed by atoms with Gasteiger partial charge in [0.05, 0.1) is 16.2 Å². The van der Waals surface area contributed by atoms with Crippen LogP contribution in [0.1, 0.15) is 17.0 Å². The number of thiazole rings is 1. The first-order chi connectivity index (χ1) is 11.6. The van der Waals surface area contributed by atoms with Crippen LogP contribution in [0.15, 0.2) is 51.6 Å². The van der Waals surface area contributed by atoms with Crippen LogP contribution in [0, 0.1) is 13.8 Å². The van der Waals surface area contributed by atoms with Gasteiger partial charge in [-0.25, -0.2) is 9.97 Å². The maximum atomic E-state index is 12.2. The third-order valence-electron chi connectivity index (χ3n) is 3.90. The van der Waals surface area contributed by atoms with E-state index >= 15 is 0 Å². The molecule has 0 radical (unpaired) electrons. The summed E-state index contributed by atoms with van der Waals surface area (Å²) in [5.74, 6) is 0.632. The summed E-state index contributed by atoms with van der Waals surface area (Å²) in [6, 6.07) is 11.8. The van der Waals surface area contributed by atoms with E-state index in [1.54, 1.807) is 22.2 Å². The first kappa shape index (κ1) is 15.4. The third kappa shape index (κ3) is 2.72. The molecule has 0 atom stereocenters. The summed E-state index contributed by atoms with van der Waals surface area (Å²) in [5, 5.41) is 4.08. The van der Waals surface area contributed by atoms with Gasteiger partial charge in [-0.1, -0.05) is 30.0 Å². The first-order valence-electron chi connectivity index (χ1n) is 7.58. The third-order valence-corrected chi connectivity index (χ3v) is 5.78. The average molecular weight is 353 g/mol. The van der Waals surface area contributed by atoms with Crippen LogP contribution in [-0.2, 0) is 5.75 Å². The zero-order valence-electron chi connectivity index (χ0n) is 13.3. The Morgan fingerprint density at radius 3 is 2.88 bits per heavy atom. The van der Waals surface area contributed by atoms with E-state index in [2.05, 4.69) is 24.0 Å². The Morgan fingerprint density at radius 2 is 2.00 bits per heavy atom. The smallest absolute Gasteiger partial charge is 0.258 e. The summed E-state index contributed by atoms with van der Waals surface area (Å²) >= 11 is 3.10. The molecule has 4 aromatic rings. The number of hydrogen-bond donors (Lipinski definition) is 0. The largest absolute Gasteiger partial charge is 0.269 e. The van der Waals surface area contributed by atoms with Gasteiger partial charge in [0.25, 0.3) is 5.56 Å². The Labute approximate surface area is 147 Å². The lowest BCUT2D eigenvalue weighted by Gasteiger charge is -2.06. The van der Waals surface area contributed by atoms with Gasteiger partial charge in [0.15, 0.2) is 4.96 Å². The summed E-state index contributed by atoms with van der Waals surface area (Å²) in [6.07, 6.45) is 0. The van der Waals surface area contributed by atoms with Gasteiger partial charge in [-0.3, -0.25) is 9.20 Å². The fourth-order valence-corrected chi connectivity index (χ4v) is 4.47. The van der Waals surface area contributed by atoms with Gasteiger partial charge in [-0.15, -0.1) is 11.3 Å². The van der Waals surface area contributed by atoms with Crippen molar-refractivity contribution >= 4 is 39.0 Å². The van der Waals surface area contributed by atoms with Crippen LogP contribution in [0.25, 0.3) is 15.9 Å². The predicted molar refractivity (Wildman–Crippen MR) is 100 cm³/mol. The molecule has 0 aliphatic rings. The highest BCUT2D eigenvalue weighted by atomic mass is 32.2. The van der Waals surface area contributed by atoms with E-state index in [0.717, 1.165) is 26.9 Å². The average Bonchev–Trinajstić information content (AvgIpc) is 2.95. The van der Waals surface area contributed by atoms with Crippen molar-refractivity contribution in [1.82, 2.24) is 14.4 Å². The first-order valence-corrected chi connectivity index (χ1v) is 9.44. The van der Waals surface area contributed by atoms with E-state index in [1.165, 1.54) is 22.3 Å². The predicted octanol–water partition coefficient (Wildman–Crippen LogP) is 4.21. The SMILES string of the molecule is Cc1cc(SCc2cc(=O)n3c(C)csc3n2)nc2ccccc12. The minimum Gasteiger partial charge on any atom is -0.269 e. The summed E-state index contributed by atoms with van der Waals surface area (Å²) in [6.45, 7) is 4.02. The Hall–Kier alpha value is -2.18. The van der Waals surface area contributed by atoms with Crippen LogP contribution in [0.3, 0.4) is 0 Å². The summed E-state index contributed by atoms with van der Waals surface area (Å²) in [5.41, 5.74) is 3.91. The molecule has 0 N–H and O–H groups in total. The maximum absolute atomic E-state index is 12.2.